The number of carbonyl (C=O) groups is 2. The predicted molar refractivity (Wildman–Crippen MR) is 182 cm³/mol. The van der Waals surface area contributed by atoms with E-state index in [9.17, 15) is 25.2 Å². The molecule has 0 spiro atoms. The molecule has 0 radical (unpaired) electrons. The van der Waals surface area contributed by atoms with Gasteiger partial charge in [-0.3, -0.25) is 14.9 Å². The van der Waals surface area contributed by atoms with E-state index in [0.29, 0.717) is 17.9 Å². The van der Waals surface area contributed by atoms with Crippen molar-refractivity contribution in [2.75, 3.05) is 18.6 Å². The van der Waals surface area contributed by atoms with Crippen LogP contribution in [0.5, 0.6) is 5.75 Å². The first-order valence-electron chi connectivity index (χ1n) is 16.1. The molecule has 0 unspecified atom stereocenters. The second kappa shape index (κ2) is 12.7. The Labute approximate surface area is 279 Å². The summed E-state index contributed by atoms with van der Waals surface area (Å²) < 4.78 is 11.6. The third-order valence-electron chi connectivity index (χ3n) is 11.1. The summed E-state index contributed by atoms with van der Waals surface area (Å²) in [7, 11) is 1.53. The number of benzene rings is 4. The summed E-state index contributed by atoms with van der Waals surface area (Å²) in [4.78, 5) is 43.3. The number of nitrogens with zero attached hydrogens (tertiary/aromatic N) is 4. The Bertz CT molecular complexity index is 1930. The second-order valence-electron chi connectivity index (χ2n) is 13.5. The molecule has 0 aromatic heterocycles. The molecule has 4 aromatic rings. The first kappa shape index (κ1) is 32.6. The summed E-state index contributed by atoms with van der Waals surface area (Å²) in [6, 6.07) is 27.1. The molecule has 2 bridgehead atoms. The summed E-state index contributed by atoms with van der Waals surface area (Å²) in [5, 5.41) is 13.3. The fraction of sp³-hybridized carbons (Fsp3) is 0.342. The maximum atomic E-state index is 14.1. The minimum atomic E-state index is -0.987. The largest absolute Gasteiger partial charge is 0.497 e. The van der Waals surface area contributed by atoms with Gasteiger partial charge in [0.05, 0.1) is 12.0 Å². The zero-order valence-electron chi connectivity index (χ0n) is 27.5. The van der Waals surface area contributed by atoms with Crippen LogP contribution in [0.1, 0.15) is 50.7 Å². The second-order valence-corrected chi connectivity index (χ2v) is 13.5. The number of anilines is 1. The van der Waals surface area contributed by atoms with Crippen molar-refractivity contribution in [2.45, 2.75) is 52.1 Å². The van der Waals surface area contributed by atoms with Gasteiger partial charge in [0.2, 0.25) is 0 Å². The van der Waals surface area contributed by atoms with Crippen LogP contribution in [-0.4, -0.2) is 47.1 Å². The van der Waals surface area contributed by atoms with Gasteiger partial charge in [-0.15, -0.1) is 0 Å². The molecule has 48 heavy (non-hydrogen) atoms. The Kier molecular flexibility index (Phi) is 8.62. The lowest BCUT2D eigenvalue weighted by Crippen LogP contribution is -2.44. The van der Waals surface area contributed by atoms with E-state index < -0.39 is 28.6 Å². The molecule has 1 amide bonds. The average molecular weight is 647 g/mol. The van der Waals surface area contributed by atoms with Crippen LogP contribution in [-0.2, 0) is 20.7 Å². The summed E-state index contributed by atoms with van der Waals surface area (Å²) in [6.07, 6.45) is 1.61. The van der Waals surface area contributed by atoms with E-state index in [0.717, 1.165) is 34.7 Å². The zero-order valence-corrected chi connectivity index (χ0v) is 27.5. The predicted octanol–water partition coefficient (Wildman–Crippen LogP) is 7.15. The number of hydrogen-bond acceptors (Lipinski definition) is 6. The molecule has 4 atom stereocenters. The van der Waals surface area contributed by atoms with Gasteiger partial charge < -0.3 is 19.9 Å². The quantitative estimate of drug-likeness (QED) is 0.0341. The van der Waals surface area contributed by atoms with E-state index in [1.165, 1.54) is 24.1 Å². The third kappa shape index (κ3) is 5.52. The number of rotatable bonds is 10. The normalized spacial score (nSPS) is 22.1. The standard InChI is InChI=1S/C38H38N4O6/c1-37(2)31-20-22-38(37,3)32(30-11-7-9-25-8-5-6-10-29(25)30)34(31)48-36(44)33(40-39)35(43)41(26-16-18-28(47-4)19-17-26)23-21-24-12-14-27(15-13-24)42(45)46/h5-19,31-32,34H,20-23H2,1-4H3/t31-,32-,34-,38+/m0/s1. The van der Waals surface area contributed by atoms with Gasteiger partial charge in [0.1, 0.15) is 11.9 Å². The molecule has 10 nitrogen and oxygen atoms in total. The van der Waals surface area contributed by atoms with Gasteiger partial charge in [-0.2, -0.15) is 4.79 Å². The van der Waals surface area contributed by atoms with Crippen LogP contribution in [0.2, 0.25) is 0 Å². The van der Waals surface area contributed by atoms with Crippen molar-refractivity contribution in [1.82, 2.24) is 0 Å². The highest BCUT2D eigenvalue weighted by Gasteiger charge is 2.68. The topological polar surface area (TPSA) is 135 Å². The van der Waals surface area contributed by atoms with Crippen LogP contribution in [0.4, 0.5) is 11.4 Å². The Morgan fingerprint density at radius 1 is 0.979 bits per heavy atom. The molecule has 2 saturated carbocycles. The molecule has 2 aliphatic rings. The molecule has 10 heteroatoms. The van der Waals surface area contributed by atoms with Crippen LogP contribution < -0.4 is 9.64 Å². The van der Waals surface area contributed by atoms with Crippen molar-refractivity contribution in [1.29, 1.82) is 0 Å². The highest BCUT2D eigenvalue weighted by atomic mass is 16.6. The highest BCUT2D eigenvalue weighted by molar-refractivity contribution is 6.64. The van der Waals surface area contributed by atoms with Crippen LogP contribution in [0.25, 0.3) is 16.3 Å². The summed E-state index contributed by atoms with van der Waals surface area (Å²) in [5.74, 6) is -1.35. The Morgan fingerprint density at radius 3 is 2.33 bits per heavy atom. The number of hydrogen-bond donors (Lipinski definition) is 0. The van der Waals surface area contributed by atoms with Crippen molar-refractivity contribution < 1.29 is 28.8 Å². The fourth-order valence-electron chi connectivity index (χ4n) is 8.09. The van der Waals surface area contributed by atoms with E-state index in [1.807, 2.05) is 18.2 Å². The van der Waals surface area contributed by atoms with Crippen LogP contribution >= 0.6 is 0 Å². The fourth-order valence-corrected chi connectivity index (χ4v) is 8.09. The average Bonchev–Trinajstić information content (AvgIpc) is 3.41. The molecule has 0 N–H and O–H groups in total. The van der Waals surface area contributed by atoms with Gasteiger partial charge >= 0.3 is 17.6 Å². The zero-order chi connectivity index (χ0) is 34.2. The van der Waals surface area contributed by atoms with Crippen LogP contribution in [0.3, 0.4) is 0 Å². The molecule has 246 valence electrons. The van der Waals surface area contributed by atoms with Crippen molar-refractivity contribution in [3.8, 4) is 5.75 Å². The molecule has 0 heterocycles. The van der Waals surface area contributed by atoms with Crippen LogP contribution in [0, 0.1) is 26.9 Å². The first-order chi connectivity index (χ1) is 23.0. The minimum Gasteiger partial charge on any atom is -0.497 e. The van der Waals surface area contributed by atoms with Crippen molar-refractivity contribution >= 4 is 39.7 Å². The number of ether oxygens (including phenoxy) is 2. The van der Waals surface area contributed by atoms with Crippen molar-refractivity contribution in [3.05, 3.63) is 118 Å². The smallest absolute Gasteiger partial charge is 0.463 e. The number of esters is 1. The number of nitro groups is 1. The van der Waals surface area contributed by atoms with Crippen molar-refractivity contribution in [2.24, 2.45) is 16.7 Å². The SMILES string of the molecule is COc1ccc(N(CCc2ccc([N+](=O)[O-])cc2)C(=O)C(=[N+]=[N-])C(=O)O[C@H]2[C@@H]3CC[C@](C)([C@H]2c2cccc4ccccc24)C3(C)C)cc1. The van der Waals surface area contributed by atoms with E-state index in [1.54, 1.807) is 36.4 Å². The van der Waals surface area contributed by atoms with Gasteiger partial charge in [0, 0.05) is 36.2 Å². The number of fused-ring (bicyclic) bond motifs is 3. The van der Waals surface area contributed by atoms with Gasteiger partial charge in [-0.25, -0.2) is 4.79 Å². The maximum Gasteiger partial charge on any atom is 0.463 e. The van der Waals surface area contributed by atoms with Crippen molar-refractivity contribution in [3.63, 3.8) is 0 Å². The van der Waals surface area contributed by atoms with E-state index in [4.69, 9.17) is 9.47 Å². The monoisotopic (exact) mass is 646 g/mol. The summed E-state index contributed by atoms with van der Waals surface area (Å²) >= 11 is 0. The Morgan fingerprint density at radius 2 is 1.67 bits per heavy atom. The van der Waals surface area contributed by atoms with Gasteiger partial charge in [-0.05, 0) is 76.3 Å². The van der Waals surface area contributed by atoms with E-state index in [-0.39, 0.29) is 34.9 Å². The number of non-ortho nitro benzene ring substituents is 1. The maximum absolute atomic E-state index is 14.1. The lowest BCUT2D eigenvalue weighted by Gasteiger charge is -2.40. The molecule has 0 aliphatic heterocycles. The number of carbonyl (C=O) groups excluding carboxylic acids is 2. The molecule has 2 fully saturated rings. The Balaban J connectivity index is 1.31. The molecule has 6 rings (SSSR count). The van der Waals surface area contributed by atoms with Crippen LogP contribution in [0.15, 0.2) is 91.0 Å². The lowest BCUT2D eigenvalue weighted by atomic mass is 9.64. The Hall–Kier alpha value is -5.34. The molecule has 2 aliphatic carbocycles. The minimum absolute atomic E-state index is 0.0327. The molecule has 4 aromatic carbocycles. The molecular formula is C38H38N4O6. The van der Waals surface area contributed by atoms with Gasteiger partial charge in [-0.1, -0.05) is 75.4 Å². The summed E-state index contributed by atoms with van der Waals surface area (Å²) in [5.41, 5.74) is 11.3. The summed E-state index contributed by atoms with van der Waals surface area (Å²) in [6.45, 7) is 6.81. The number of nitro benzene ring substituents is 1. The number of amides is 1. The molecule has 0 saturated heterocycles. The third-order valence-corrected chi connectivity index (χ3v) is 11.1. The first-order valence-corrected chi connectivity index (χ1v) is 16.1. The van der Waals surface area contributed by atoms with E-state index >= 15 is 0 Å². The van der Waals surface area contributed by atoms with Gasteiger partial charge in [0.15, 0.2) is 0 Å². The number of methoxy groups -OCH3 is 1. The lowest BCUT2D eigenvalue weighted by molar-refractivity contribution is -0.384. The molecular weight excluding hydrogens is 608 g/mol. The van der Waals surface area contributed by atoms with Gasteiger partial charge in [0.25, 0.3) is 5.69 Å². The van der Waals surface area contributed by atoms with E-state index in [2.05, 4.69) is 49.8 Å². The highest BCUT2D eigenvalue weighted by Crippen LogP contribution is 2.72.